The summed E-state index contributed by atoms with van der Waals surface area (Å²) in [5.74, 6) is -1.19. The molecule has 0 atom stereocenters. The molecule has 0 saturated heterocycles. The van der Waals surface area contributed by atoms with Crippen molar-refractivity contribution in [3.63, 3.8) is 0 Å². The Morgan fingerprint density at radius 2 is 1.75 bits per heavy atom. The molecule has 0 radical (unpaired) electrons. The van der Waals surface area contributed by atoms with Gasteiger partial charge in [0.1, 0.15) is 0 Å². The van der Waals surface area contributed by atoms with Gasteiger partial charge in [-0.1, -0.05) is 49.6 Å². The third kappa shape index (κ3) is 3.50. The number of carboxylic acids is 1. The summed E-state index contributed by atoms with van der Waals surface area (Å²) in [7, 11) is 0. The van der Waals surface area contributed by atoms with Crippen LogP contribution in [0.4, 0.5) is 4.79 Å². The number of carboxylic acid groups (broad SMARTS) is 1. The minimum atomic E-state index is -1.21. The molecule has 2 amide bonds. The van der Waals surface area contributed by atoms with E-state index in [-0.39, 0.29) is 0 Å². The van der Waals surface area contributed by atoms with E-state index in [4.69, 9.17) is 0 Å². The molecule has 0 heterocycles. The van der Waals surface area contributed by atoms with E-state index < -0.39 is 17.5 Å². The van der Waals surface area contributed by atoms with Gasteiger partial charge in [0.2, 0.25) is 0 Å². The highest BCUT2D eigenvalue weighted by Gasteiger charge is 2.34. The largest absolute Gasteiger partial charge is 0.548 e. The molecular weight excluding hydrogens is 256 g/mol. The van der Waals surface area contributed by atoms with Gasteiger partial charge in [-0.15, -0.1) is 0 Å². The number of benzene rings is 1. The summed E-state index contributed by atoms with van der Waals surface area (Å²) in [6.45, 7) is 0.371. The zero-order chi connectivity index (χ0) is 14.4. The molecule has 0 spiro atoms. The SMILES string of the molecule is O=C(NCc1ccccc1)NC1(C(=O)[O-])CCCCC1. The molecule has 1 saturated carbocycles. The normalized spacial score (nSPS) is 17.2. The lowest BCUT2D eigenvalue weighted by atomic mass is 9.82. The number of nitrogens with one attached hydrogen (secondary N) is 2. The molecule has 1 aliphatic carbocycles. The number of hydrogen-bond donors (Lipinski definition) is 2. The van der Waals surface area contributed by atoms with Gasteiger partial charge in [0.05, 0.1) is 11.5 Å². The minimum absolute atomic E-state index is 0.371. The van der Waals surface area contributed by atoms with Crippen molar-refractivity contribution in [2.24, 2.45) is 0 Å². The van der Waals surface area contributed by atoms with Crippen LogP contribution in [0.15, 0.2) is 30.3 Å². The Kier molecular flexibility index (Phi) is 4.61. The average Bonchev–Trinajstić information content (AvgIpc) is 2.47. The van der Waals surface area contributed by atoms with E-state index in [1.165, 1.54) is 0 Å². The van der Waals surface area contributed by atoms with Crippen molar-refractivity contribution in [2.45, 2.75) is 44.2 Å². The van der Waals surface area contributed by atoms with E-state index in [1.807, 2.05) is 30.3 Å². The first-order chi connectivity index (χ1) is 9.62. The zero-order valence-electron chi connectivity index (χ0n) is 11.4. The van der Waals surface area contributed by atoms with Crippen LogP contribution in [0.1, 0.15) is 37.7 Å². The van der Waals surface area contributed by atoms with Crippen LogP contribution in [0.2, 0.25) is 0 Å². The molecule has 2 rings (SSSR count). The van der Waals surface area contributed by atoms with Gasteiger partial charge in [-0.3, -0.25) is 0 Å². The first-order valence-electron chi connectivity index (χ1n) is 6.94. The third-order valence-corrected chi connectivity index (χ3v) is 3.75. The second-order valence-electron chi connectivity index (χ2n) is 5.22. The highest BCUT2D eigenvalue weighted by Crippen LogP contribution is 2.27. The smallest absolute Gasteiger partial charge is 0.315 e. The Morgan fingerprint density at radius 3 is 2.35 bits per heavy atom. The van der Waals surface area contributed by atoms with Crippen LogP contribution in [0.5, 0.6) is 0 Å². The quantitative estimate of drug-likeness (QED) is 0.858. The van der Waals surface area contributed by atoms with Gasteiger partial charge < -0.3 is 20.5 Å². The lowest BCUT2D eigenvalue weighted by Crippen LogP contribution is -2.62. The molecule has 20 heavy (non-hydrogen) atoms. The fourth-order valence-electron chi connectivity index (χ4n) is 2.58. The fourth-order valence-corrected chi connectivity index (χ4v) is 2.58. The molecule has 5 nitrogen and oxygen atoms in total. The van der Waals surface area contributed by atoms with Crippen molar-refractivity contribution in [3.05, 3.63) is 35.9 Å². The number of urea groups is 1. The molecule has 0 aliphatic heterocycles. The second-order valence-corrected chi connectivity index (χ2v) is 5.22. The summed E-state index contributed by atoms with van der Waals surface area (Å²) in [6, 6.07) is 9.01. The maximum Gasteiger partial charge on any atom is 0.315 e. The van der Waals surface area contributed by atoms with Crippen LogP contribution in [0, 0.1) is 0 Å². The van der Waals surface area contributed by atoms with Crippen LogP contribution in [-0.4, -0.2) is 17.5 Å². The van der Waals surface area contributed by atoms with Crippen LogP contribution < -0.4 is 15.7 Å². The van der Waals surface area contributed by atoms with E-state index in [0.29, 0.717) is 19.4 Å². The first kappa shape index (κ1) is 14.4. The highest BCUT2D eigenvalue weighted by atomic mass is 16.4. The van der Waals surface area contributed by atoms with Crippen LogP contribution >= 0.6 is 0 Å². The number of rotatable bonds is 4. The van der Waals surface area contributed by atoms with Gasteiger partial charge in [0, 0.05) is 6.54 Å². The first-order valence-corrected chi connectivity index (χ1v) is 6.94. The topological polar surface area (TPSA) is 81.3 Å². The number of carbonyl (C=O) groups excluding carboxylic acids is 2. The van der Waals surface area contributed by atoms with E-state index in [0.717, 1.165) is 24.8 Å². The predicted molar refractivity (Wildman–Crippen MR) is 72.6 cm³/mol. The van der Waals surface area contributed by atoms with Crippen molar-refractivity contribution < 1.29 is 14.7 Å². The maximum absolute atomic E-state index is 11.9. The van der Waals surface area contributed by atoms with E-state index in [2.05, 4.69) is 10.6 Å². The third-order valence-electron chi connectivity index (χ3n) is 3.75. The predicted octanol–water partition coefficient (Wildman–Crippen LogP) is 0.939. The van der Waals surface area contributed by atoms with Crippen molar-refractivity contribution in [3.8, 4) is 0 Å². The lowest BCUT2D eigenvalue weighted by Gasteiger charge is -2.38. The molecule has 0 unspecified atom stereocenters. The average molecular weight is 275 g/mol. The minimum Gasteiger partial charge on any atom is -0.548 e. The van der Waals surface area contributed by atoms with Gasteiger partial charge in [0.25, 0.3) is 0 Å². The Hall–Kier alpha value is -2.04. The Labute approximate surface area is 118 Å². The number of carbonyl (C=O) groups is 2. The van der Waals surface area contributed by atoms with E-state index >= 15 is 0 Å². The second kappa shape index (κ2) is 6.41. The number of hydrogen-bond acceptors (Lipinski definition) is 3. The summed E-state index contributed by atoms with van der Waals surface area (Å²) in [5.41, 5.74) is -0.243. The number of aliphatic carboxylic acids is 1. The van der Waals surface area contributed by atoms with Crippen molar-refractivity contribution in [1.82, 2.24) is 10.6 Å². The molecule has 5 heteroatoms. The molecule has 1 fully saturated rings. The van der Waals surface area contributed by atoms with Gasteiger partial charge in [-0.05, 0) is 18.4 Å². The summed E-state index contributed by atoms with van der Waals surface area (Å²) in [5, 5.41) is 16.6. The Bertz CT molecular complexity index is 467. The maximum atomic E-state index is 11.9. The standard InChI is InChI=1S/C15H20N2O3/c18-13(19)15(9-5-2-6-10-15)17-14(20)16-11-12-7-3-1-4-8-12/h1,3-4,7-8H,2,5-6,9-11H2,(H,18,19)(H2,16,17,20)/p-1. The summed E-state index contributed by atoms with van der Waals surface area (Å²) < 4.78 is 0. The molecule has 1 aromatic carbocycles. The van der Waals surface area contributed by atoms with Crippen molar-refractivity contribution in [1.29, 1.82) is 0 Å². The van der Waals surface area contributed by atoms with Gasteiger partial charge in [-0.25, -0.2) is 4.79 Å². The Balaban J connectivity index is 1.90. The van der Waals surface area contributed by atoms with Gasteiger partial charge in [0.15, 0.2) is 0 Å². The zero-order valence-corrected chi connectivity index (χ0v) is 11.4. The molecular formula is C15H19N2O3-. The molecule has 0 aromatic heterocycles. The molecule has 2 N–H and O–H groups in total. The molecule has 0 bridgehead atoms. The van der Waals surface area contributed by atoms with Crippen LogP contribution in [-0.2, 0) is 11.3 Å². The lowest BCUT2D eigenvalue weighted by molar-refractivity contribution is -0.315. The summed E-state index contributed by atoms with van der Waals surface area (Å²) in [6.07, 6.45) is 3.48. The van der Waals surface area contributed by atoms with Crippen LogP contribution in [0.25, 0.3) is 0 Å². The molecule has 1 aliphatic rings. The van der Waals surface area contributed by atoms with Crippen molar-refractivity contribution >= 4 is 12.0 Å². The van der Waals surface area contributed by atoms with Crippen LogP contribution in [0.3, 0.4) is 0 Å². The number of amides is 2. The fraction of sp³-hybridized carbons (Fsp3) is 0.467. The van der Waals surface area contributed by atoms with E-state index in [9.17, 15) is 14.7 Å². The van der Waals surface area contributed by atoms with E-state index in [1.54, 1.807) is 0 Å². The monoisotopic (exact) mass is 275 g/mol. The summed E-state index contributed by atoms with van der Waals surface area (Å²) in [4.78, 5) is 23.2. The highest BCUT2D eigenvalue weighted by molar-refractivity contribution is 5.85. The van der Waals surface area contributed by atoms with Gasteiger partial charge >= 0.3 is 6.03 Å². The molecule has 1 aromatic rings. The summed E-state index contributed by atoms with van der Waals surface area (Å²) >= 11 is 0. The van der Waals surface area contributed by atoms with Crippen molar-refractivity contribution in [2.75, 3.05) is 0 Å². The Morgan fingerprint density at radius 1 is 1.10 bits per heavy atom. The van der Waals surface area contributed by atoms with Gasteiger partial charge in [-0.2, -0.15) is 0 Å². The molecule has 108 valence electrons.